The van der Waals surface area contributed by atoms with Gasteiger partial charge >= 0.3 is 0 Å². The lowest BCUT2D eigenvalue weighted by Crippen LogP contribution is -2.38. The van der Waals surface area contributed by atoms with Gasteiger partial charge in [-0.3, -0.25) is 4.79 Å². The largest absolute Gasteiger partial charge is 0.459 e. The number of carbonyl (C=O) groups is 1. The van der Waals surface area contributed by atoms with Crippen LogP contribution in [-0.4, -0.2) is 51.4 Å². The van der Waals surface area contributed by atoms with Crippen molar-refractivity contribution < 1.29 is 18.7 Å². The zero-order valence-corrected chi connectivity index (χ0v) is 18.8. The average molecular weight is 443 g/mol. The Morgan fingerprint density at radius 2 is 2.06 bits per heavy atom. The van der Waals surface area contributed by atoms with Crippen molar-refractivity contribution in [1.82, 2.24) is 10.6 Å². The molecule has 0 unspecified atom stereocenters. The van der Waals surface area contributed by atoms with Crippen LogP contribution in [0.25, 0.3) is 0 Å². The van der Waals surface area contributed by atoms with Gasteiger partial charge in [0.05, 0.1) is 12.8 Å². The molecule has 0 bridgehead atoms. The lowest BCUT2D eigenvalue weighted by Gasteiger charge is -2.21. The van der Waals surface area contributed by atoms with E-state index in [2.05, 4.69) is 20.9 Å². The van der Waals surface area contributed by atoms with Crippen molar-refractivity contribution in [2.45, 2.75) is 32.7 Å². The first-order valence-corrected chi connectivity index (χ1v) is 11.4. The average Bonchev–Trinajstić information content (AvgIpc) is 3.36. The molecule has 32 heavy (non-hydrogen) atoms. The van der Waals surface area contributed by atoms with Crippen LogP contribution in [0.3, 0.4) is 0 Å². The number of benzene rings is 1. The first-order valence-electron chi connectivity index (χ1n) is 11.4. The second-order valence-corrected chi connectivity index (χ2v) is 7.74. The van der Waals surface area contributed by atoms with Gasteiger partial charge in [-0.15, -0.1) is 0 Å². The molecule has 2 heterocycles. The van der Waals surface area contributed by atoms with Gasteiger partial charge in [0.15, 0.2) is 11.7 Å². The van der Waals surface area contributed by atoms with Crippen LogP contribution in [-0.2, 0) is 16.0 Å². The second kappa shape index (κ2) is 13.5. The maximum atomic E-state index is 12.2. The Morgan fingerprint density at radius 1 is 1.19 bits per heavy atom. The summed E-state index contributed by atoms with van der Waals surface area (Å²) in [4.78, 5) is 16.8. The van der Waals surface area contributed by atoms with Crippen LogP contribution in [0.4, 0.5) is 5.69 Å². The number of nitrogens with one attached hydrogen (secondary N) is 3. The van der Waals surface area contributed by atoms with Crippen LogP contribution in [0.1, 0.15) is 42.3 Å². The van der Waals surface area contributed by atoms with E-state index in [4.69, 9.17) is 13.9 Å². The van der Waals surface area contributed by atoms with Gasteiger partial charge in [-0.2, -0.15) is 0 Å². The Bertz CT molecular complexity index is 832. The second-order valence-electron chi connectivity index (χ2n) is 7.74. The highest BCUT2D eigenvalue weighted by molar-refractivity contribution is 6.02. The Balaban J connectivity index is 1.40. The summed E-state index contributed by atoms with van der Waals surface area (Å²) >= 11 is 0. The number of aliphatic imine (C=N–C) groups is 1. The minimum atomic E-state index is -0.273. The fourth-order valence-corrected chi connectivity index (χ4v) is 3.40. The number of nitrogens with zero attached hydrogens (tertiary/aromatic N) is 1. The highest BCUT2D eigenvalue weighted by Gasteiger charge is 2.13. The summed E-state index contributed by atoms with van der Waals surface area (Å²) < 4.78 is 16.3. The third-order valence-electron chi connectivity index (χ3n) is 5.15. The summed E-state index contributed by atoms with van der Waals surface area (Å²) in [6.45, 7) is 7.39. The van der Waals surface area contributed by atoms with Crippen molar-refractivity contribution in [2.75, 3.05) is 44.8 Å². The van der Waals surface area contributed by atoms with Crippen molar-refractivity contribution in [3.63, 3.8) is 0 Å². The number of hydrogen-bond acceptors (Lipinski definition) is 5. The van der Waals surface area contributed by atoms with E-state index >= 15 is 0 Å². The molecule has 1 fully saturated rings. The molecule has 1 aromatic heterocycles. The summed E-state index contributed by atoms with van der Waals surface area (Å²) in [7, 11) is 0. The molecule has 1 aromatic carbocycles. The summed E-state index contributed by atoms with van der Waals surface area (Å²) in [6.07, 6.45) is 4.60. The Morgan fingerprint density at radius 3 is 2.84 bits per heavy atom. The number of furan rings is 1. The highest BCUT2D eigenvalue weighted by Crippen LogP contribution is 2.15. The Hall–Kier alpha value is -2.84. The van der Waals surface area contributed by atoms with E-state index < -0.39 is 0 Å². The van der Waals surface area contributed by atoms with E-state index in [0.717, 1.165) is 70.3 Å². The smallest absolute Gasteiger partial charge is 0.291 e. The number of amides is 1. The zero-order chi connectivity index (χ0) is 22.4. The van der Waals surface area contributed by atoms with Crippen LogP contribution in [0.5, 0.6) is 0 Å². The van der Waals surface area contributed by atoms with Crippen molar-refractivity contribution in [3.8, 4) is 0 Å². The fourth-order valence-electron chi connectivity index (χ4n) is 3.40. The summed E-state index contributed by atoms with van der Waals surface area (Å²) in [5, 5.41) is 9.46. The molecule has 0 spiro atoms. The van der Waals surface area contributed by atoms with Crippen LogP contribution >= 0.6 is 0 Å². The predicted molar refractivity (Wildman–Crippen MR) is 125 cm³/mol. The first kappa shape index (κ1) is 23.8. The quantitative estimate of drug-likeness (QED) is 0.280. The van der Waals surface area contributed by atoms with Gasteiger partial charge in [-0.25, -0.2) is 4.99 Å². The highest BCUT2D eigenvalue weighted by atomic mass is 16.5. The van der Waals surface area contributed by atoms with Gasteiger partial charge in [-0.05, 0) is 61.9 Å². The maximum Gasteiger partial charge on any atom is 0.291 e. The molecule has 8 nitrogen and oxygen atoms in total. The molecule has 8 heteroatoms. The number of anilines is 1. The van der Waals surface area contributed by atoms with Gasteiger partial charge in [0, 0.05) is 45.2 Å². The summed E-state index contributed by atoms with van der Waals surface area (Å²) in [5.74, 6) is 1.41. The molecule has 0 radical (unpaired) electrons. The van der Waals surface area contributed by atoms with E-state index in [1.54, 1.807) is 12.1 Å². The first-order chi connectivity index (χ1) is 15.7. The van der Waals surface area contributed by atoms with Crippen LogP contribution in [0, 0.1) is 5.92 Å². The third kappa shape index (κ3) is 8.36. The van der Waals surface area contributed by atoms with Gasteiger partial charge in [0.25, 0.3) is 5.91 Å². The summed E-state index contributed by atoms with van der Waals surface area (Å²) in [5.41, 5.74) is 1.71. The zero-order valence-electron chi connectivity index (χ0n) is 18.8. The molecule has 3 rings (SSSR count). The van der Waals surface area contributed by atoms with E-state index in [1.807, 2.05) is 31.2 Å². The molecule has 0 aliphatic carbocycles. The van der Waals surface area contributed by atoms with Crippen LogP contribution in [0.2, 0.25) is 0 Å². The molecule has 174 valence electrons. The van der Waals surface area contributed by atoms with Gasteiger partial charge in [0.2, 0.25) is 0 Å². The number of guanidine groups is 1. The fraction of sp³-hybridized carbons (Fsp3) is 0.500. The third-order valence-corrected chi connectivity index (χ3v) is 5.15. The topological polar surface area (TPSA) is 97.1 Å². The van der Waals surface area contributed by atoms with E-state index in [1.165, 1.54) is 6.26 Å². The Kier molecular flexibility index (Phi) is 10.1. The van der Waals surface area contributed by atoms with E-state index in [0.29, 0.717) is 18.2 Å². The molecule has 3 N–H and O–H groups in total. The minimum Gasteiger partial charge on any atom is -0.459 e. The molecule has 2 aromatic rings. The van der Waals surface area contributed by atoms with E-state index in [9.17, 15) is 4.79 Å². The molecule has 1 saturated heterocycles. The van der Waals surface area contributed by atoms with Crippen LogP contribution in [0.15, 0.2) is 52.1 Å². The van der Waals surface area contributed by atoms with Crippen molar-refractivity contribution >= 4 is 17.6 Å². The normalized spacial score (nSPS) is 14.8. The number of carbonyl (C=O) groups excluding carboxylic acids is 1. The molecule has 0 saturated carbocycles. The van der Waals surface area contributed by atoms with Crippen molar-refractivity contribution in [2.24, 2.45) is 10.9 Å². The van der Waals surface area contributed by atoms with Gasteiger partial charge in [-0.1, -0.05) is 12.1 Å². The number of rotatable bonds is 11. The van der Waals surface area contributed by atoms with E-state index in [-0.39, 0.29) is 11.7 Å². The SMILES string of the molecule is CCNC(=NCc1cccc(NC(=O)c2ccco2)c1)NCCCOCC1CCOCC1. The molecule has 1 amide bonds. The molecule has 0 atom stereocenters. The number of hydrogen-bond donors (Lipinski definition) is 3. The van der Waals surface area contributed by atoms with Crippen molar-refractivity contribution in [1.29, 1.82) is 0 Å². The molecular weight excluding hydrogens is 408 g/mol. The molecule has 1 aliphatic heterocycles. The van der Waals surface area contributed by atoms with Gasteiger partial charge < -0.3 is 29.8 Å². The van der Waals surface area contributed by atoms with Crippen molar-refractivity contribution in [3.05, 3.63) is 54.0 Å². The maximum absolute atomic E-state index is 12.2. The molecular formula is C24H34N4O4. The lowest BCUT2D eigenvalue weighted by atomic mass is 10.0. The molecule has 1 aliphatic rings. The monoisotopic (exact) mass is 442 g/mol. The summed E-state index contributed by atoms with van der Waals surface area (Å²) in [6, 6.07) is 11.0. The minimum absolute atomic E-state index is 0.273. The number of ether oxygens (including phenoxy) is 2. The van der Waals surface area contributed by atoms with Gasteiger partial charge in [0.1, 0.15) is 0 Å². The predicted octanol–water partition coefficient (Wildman–Crippen LogP) is 3.42. The van der Waals surface area contributed by atoms with Crippen LogP contribution < -0.4 is 16.0 Å². The lowest BCUT2D eigenvalue weighted by molar-refractivity contribution is 0.0203. The Labute approximate surface area is 189 Å². The standard InChI is InChI=1S/C24H34N4O4/c1-2-25-24(26-11-5-12-31-18-19-9-14-30-15-10-19)27-17-20-6-3-7-21(16-20)28-23(29)22-8-4-13-32-22/h3-4,6-8,13,16,19H,2,5,9-12,14-15,17-18H2,1H3,(H,28,29)(H2,25,26,27).